The number of carbonyl (C=O) groups excluding carboxylic acids is 1. The van der Waals surface area contributed by atoms with Gasteiger partial charge in [-0.25, -0.2) is 9.97 Å². The lowest BCUT2D eigenvalue weighted by atomic mass is 9.90. The summed E-state index contributed by atoms with van der Waals surface area (Å²) in [7, 11) is 0. The maximum absolute atomic E-state index is 11.5. The lowest BCUT2D eigenvalue weighted by Gasteiger charge is -2.32. The summed E-state index contributed by atoms with van der Waals surface area (Å²) in [4.78, 5) is 22.5. The molecule has 1 saturated heterocycles. The zero-order valence-electron chi connectivity index (χ0n) is 16.4. The van der Waals surface area contributed by atoms with Crippen LogP contribution in [0.4, 0.5) is 17.3 Å². The van der Waals surface area contributed by atoms with Gasteiger partial charge in [0.05, 0.1) is 23.8 Å². The Balaban J connectivity index is 1.05. The number of nitrogens with zero attached hydrogens (tertiary/aromatic N) is 3. The van der Waals surface area contributed by atoms with Crippen LogP contribution in [0.1, 0.15) is 31.2 Å². The van der Waals surface area contributed by atoms with Gasteiger partial charge in [0.15, 0.2) is 0 Å². The number of fused-ring (bicyclic) bond motifs is 1. The van der Waals surface area contributed by atoms with Crippen LogP contribution >= 0.6 is 11.6 Å². The van der Waals surface area contributed by atoms with Crippen molar-refractivity contribution in [3.8, 4) is 0 Å². The van der Waals surface area contributed by atoms with Crippen LogP contribution in [0.3, 0.4) is 0 Å². The summed E-state index contributed by atoms with van der Waals surface area (Å²) >= 11 is 5.89. The predicted octanol–water partition coefficient (Wildman–Crippen LogP) is 3.98. The second-order valence-electron chi connectivity index (χ2n) is 8.50. The fourth-order valence-electron chi connectivity index (χ4n) is 4.92. The lowest BCUT2D eigenvalue weighted by Crippen LogP contribution is -2.35. The highest BCUT2D eigenvalue weighted by Crippen LogP contribution is 2.49. The van der Waals surface area contributed by atoms with Crippen molar-refractivity contribution >= 4 is 34.8 Å². The zero-order valence-corrected chi connectivity index (χ0v) is 17.2. The van der Waals surface area contributed by atoms with Gasteiger partial charge < -0.3 is 15.5 Å². The standard InChI is InChI=1S/C22H26ClN5O/c23-17-12-25-22(26-13-17)28-7-4-14(5-8-28)19-10-15(19)3-6-24-18-1-2-20-16(9-18)11-21(29)27-20/h1-2,9,12-15,19,24H,3-8,10-11H2,(H,27,29)/t15-,19-/m1/s1. The molecule has 2 atom stereocenters. The highest BCUT2D eigenvalue weighted by Gasteiger charge is 2.43. The largest absolute Gasteiger partial charge is 0.385 e. The fraction of sp³-hybridized carbons (Fsp3) is 0.500. The molecule has 1 aromatic heterocycles. The smallest absolute Gasteiger partial charge is 0.228 e. The number of anilines is 3. The number of benzene rings is 1. The molecular weight excluding hydrogens is 386 g/mol. The molecule has 152 valence electrons. The van der Waals surface area contributed by atoms with E-state index in [1.165, 1.54) is 25.7 Å². The van der Waals surface area contributed by atoms with Crippen molar-refractivity contribution in [3.05, 3.63) is 41.2 Å². The van der Waals surface area contributed by atoms with Crippen LogP contribution in [0.15, 0.2) is 30.6 Å². The van der Waals surface area contributed by atoms with E-state index in [4.69, 9.17) is 11.6 Å². The van der Waals surface area contributed by atoms with E-state index in [-0.39, 0.29) is 5.91 Å². The molecule has 1 aliphatic carbocycles. The van der Waals surface area contributed by atoms with E-state index in [9.17, 15) is 4.79 Å². The minimum absolute atomic E-state index is 0.0895. The molecule has 3 aliphatic rings. The van der Waals surface area contributed by atoms with Gasteiger partial charge in [-0.3, -0.25) is 4.79 Å². The summed E-state index contributed by atoms with van der Waals surface area (Å²) in [5, 5.41) is 7.01. The molecule has 0 radical (unpaired) electrons. The summed E-state index contributed by atoms with van der Waals surface area (Å²) in [5.74, 6) is 3.46. The first-order valence-electron chi connectivity index (χ1n) is 10.5. The number of piperidine rings is 1. The number of rotatable bonds is 6. The number of hydrogen-bond donors (Lipinski definition) is 2. The molecule has 1 saturated carbocycles. The van der Waals surface area contributed by atoms with E-state index in [2.05, 4.69) is 37.6 Å². The first-order chi connectivity index (χ1) is 14.2. The number of carbonyl (C=O) groups is 1. The Bertz CT molecular complexity index is 895. The first-order valence-corrected chi connectivity index (χ1v) is 10.9. The second-order valence-corrected chi connectivity index (χ2v) is 8.93. The van der Waals surface area contributed by atoms with Gasteiger partial charge in [-0.05, 0) is 67.2 Å². The van der Waals surface area contributed by atoms with Gasteiger partial charge in [0.1, 0.15) is 0 Å². The highest BCUT2D eigenvalue weighted by atomic mass is 35.5. The van der Waals surface area contributed by atoms with Crippen molar-refractivity contribution < 1.29 is 4.79 Å². The van der Waals surface area contributed by atoms with Gasteiger partial charge in [-0.1, -0.05) is 11.6 Å². The molecule has 6 nitrogen and oxygen atoms in total. The van der Waals surface area contributed by atoms with Crippen molar-refractivity contribution in [1.82, 2.24) is 9.97 Å². The van der Waals surface area contributed by atoms with Crippen molar-refractivity contribution in [1.29, 1.82) is 0 Å². The van der Waals surface area contributed by atoms with Crippen molar-refractivity contribution in [2.24, 2.45) is 17.8 Å². The first kappa shape index (κ1) is 18.7. The van der Waals surface area contributed by atoms with Crippen LogP contribution in [-0.2, 0) is 11.2 Å². The summed E-state index contributed by atoms with van der Waals surface area (Å²) in [6, 6.07) is 6.16. The quantitative estimate of drug-likeness (QED) is 0.752. The number of hydrogen-bond acceptors (Lipinski definition) is 5. The molecule has 2 N–H and O–H groups in total. The van der Waals surface area contributed by atoms with Crippen LogP contribution in [-0.4, -0.2) is 35.5 Å². The Hall–Kier alpha value is -2.34. The van der Waals surface area contributed by atoms with E-state index in [1.807, 2.05) is 6.07 Å². The van der Waals surface area contributed by atoms with E-state index in [0.717, 1.165) is 60.3 Å². The number of aromatic nitrogens is 2. The SMILES string of the molecule is O=C1Cc2cc(NCC[C@@H]3C[C@@H]3C3CCN(c4ncc(Cl)cn4)CC3)ccc2N1. The molecular formula is C22H26ClN5O. The fourth-order valence-corrected chi connectivity index (χ4v) is 5.02. The Kier molecular flexibility index (Phi) is 5.04. The molecule has 29 heavy (non-hydrogen) atoms. The molecule has 2 fully saturated rings. The minimum atomic E-state index is 0.0895. The maximum atomic E-state index is 11.5. The van der Waals surface area contributed by atoms with E-state index in [0.29, 0.717) is 11.4 Å². The van der Waals surface area contributed by atoms with Gasteiger partial charge in [-0.15, -0.1) is 0 Å². The molecule has 5 rings (SSSR count). The van der Waals surface area contributed by atoms with Gasteiger partial charge >= 0.3 is 0 Å². The third-order valence-corrected chi connectivity index (χ3v) is 6.78. The van der Waals surface area contributed by atoms with Crippen molar-refractivity contribution in [2.45, 2.75) is 32.1 Å². The number of nitrogens with one attached hydrogen (secondary N) is 2. The van der Waals surface area contributed by atoms with E-state index < -0.39 is 0 Å². The lowest BCUT2D eigenvalue weighted by molar-refractivity contribution is -0.115. The van der Waals surface area contributed by atoms with Crippen LogP contribution in [0, 0.1) is 17.8 Å². The summed E-state index contributed by atoms with van der Waals surface area (Å²) < 4.78 is 0. The highest BCUT2D eigenvalue weighted by molar-refractivity contribution is 6.30. The van der Waals surface area contributed by atoms with Gasteiger partial charge in [0.2, 0.25) is 11.9 Å². The normalized spacial score (nSPS) is 23.6. The zero-order chi connectivity index (χ0) is 19.8. The average Bonchev–Trinajstić information content (AvgIpc) is 3.40. The monoisotopic (exact) mass is 411 g/mol. The topological polar surface area (TPSA) is 70.2 Å². The Morgan fingerprint density at radius 1 is 1.21 bits per heavy atom. The summed E-state index contributed by atoms with van der Waals surface area (Å²) in [5.41, 5.74) is 3.17. The van der Waals surface area contributed by atoms with Gasteiger partial charge in [0.25, 0.3) is 0 Å². The Morgan fingerprint density at radius 2 is 2.00 bits per heavy atom. The van der Waals surface area contributed by atoms with Crippen molar-refractivity contribution in [3.63, 3.8) is 0 Å². The average molecular weight is 412 g/mol. The molecule has 2 aliphatic heterocycles. The number of halogens is 1. The van der Waals surface area contributed by atoms with E-state index >= 15 is 0 Å². The summed E-state index contributed by atoms with van der Waals surface area (Å²) in [6.07, 6.45) is 8.89. The number of amides is 1. The molecule has 0 unspecified atom stereocenters. The van der Waals surface area contributed by atoms with E-state index in [1.54, 1.807) is 12.4 Å². The molecule has 7 heteroatoms. The third kappa shape index (κ3) is 4.17. The molecule has 1 aromatic carbocycles. The van der Waals surface area contributed by atoms with Gasteiger partial charge in [0, 0.05) is 31.0 Å². The minimum Gasteiger partial charge on any atom is -0.385 e. The molecule has 0 spiro atoms. The van der Waals surface area contributed by atoms with Gasteiger partial charge in [-0.2, -0.15) is 0 Å². The predicted molar refractivity (Wildman–Crippen MR) is 115 cm³/mol. The van der Waals surface area contributed by atoms with Crippen molar-refractivity contribution in [2.75, 3.05) is 35.2 Å². The molecule has 0 bridgehead atoms. The van der Waals surface area contributed by atoms with Crippen LogP contribution in [0.2, 0.25) is 5.02 Å². The van der Waals surface area contributed by atoms with Crippen LogP contribution in [0.5, 0.6) is 0 Å². The molecule has 1 amide bonds. The second kappa shape index (κ2) is 7.82. The Labute approximate surface area is 176 Å². The Morgan fingerprint density at radius 3 is 2.79 bits per heavy atom. The molecule has 2 aromatic rings. The van der Waals surface area contributed by atoms with Crippen LogP contribution in [0.25, 0.3) is 0 Å². The summed E-state index contributed by atoms with van der Waals surface area (Å²) in [6.45, 7) is 3.07. The van der Waals surface area contributed by atoms with Crippen LogP contribution < -0.4 is 15.5 Å². The maximum Gasteiger partial charge on any atom is 0.228 e. The molecule has 3 heterocycles. The third-order valence-electron chi connectivity index (χ3n) is 6.59.